The van der Waals surface area contributed by atoms with Gasteiger partial charge in [0.05, 0.1) is 6.04 Å². The minimum atomic E-state index is -0.253. The maximum Gasteiger partial charge on any atom is 0.287 e. The van der Waals surface area contributed by atoms with E-state index in [9.17, 15) is 4.79 Å². The van der Waals surface area contributed by atoms with Crippen LogP contribution in [-0.2, 0) is 0 Å². The fraction of sp³-hybridized carbons (Fsp3) is 0.353. The molecule has 1 aromatic carbocycles. The Bertz CT molecular complexity index is 619. The average Bonchev–Trinajstić information content (AvgIpc) is 2.92. The first-order valence-corrected chi connectivity index (χ1v) is 8.04. The maximum atomic E-state index is 11.9. The van der Waals surface area contributed by atoms with E-state index in [1.807, 2.05) is 19.1 Å². The standard InChI is InChI=1S/C17H20BrNO3/c1-11(2)13-4-6-14(7-5-13)21-10-12(3)19-17(20)15-8-9-16(18)22-15/h4-9,11-12H,10H2,1-3H3,(H,19,20)/t12-/m0/s1. The van der Waals surface area contributed by atoms with Crippen molar-refractivity contribution < 1.29 is 13.9 Å². The van der Waals surface area contributed by atoms with Crippen LogP contribution in [-0.4, -0.2) is 18.6 Å². The molecular formula is C17H20BrNO3. The first-order valence-electron chi connectivity index (χ1n) is 7.24. The zero-order valence-electron chi connectivity index (χ0n) is 12.9. The van der Waals surface area contributed by atoms with Gasteiger partial charge in [0.2, 0.25) is 0 Å². The lowest BCUT2D eigenvalue weighted by atomic mass is 10.0. The Kier molecular flexibility index (Phi) is 5.66. The third-order valence-corrected chi connectivity index (χ3v) is 3.65. The van der Waals surface area contributed by atoms with Crippen LogP contribution in [0.1, 0.15) is 42.8 Å². The monoisotopic (exact) mass is 365 g/mol. The molecule has 0 aliphatic heterocycles. The first kappa shape index (κ1) is 16.6. The minimum absolute atomic E-state index is 0.124. The van der Waals surface area contributed by atoms with E-state index in [1.54, 1.807) is 12.1 Å². The molecule has 1 amide bonds. The summed E-state index contributed by atoms with van der Waals surface area (Å²) in [6, 6.07) is 11.2. The van der Waals surface area contributed by atoms with Gasteiger partial charge in [0, 0.05) is 0 Å². The molecule has 1 heterocycles. The fourth-order valence-corrected chi connectivity index (χ4v) is 2.25. The second kappa shape index (κ2) is 7.49. The lowest BCUT2D eigenvalue weighted by Crippen LogP contribution is -2.36. The largest absolute Gasteiger partial charge is 0.491 e. The Labute approximate surface area is 139 Å². The molecular weight excluding hydrogens is 346 g/mol. The Morgan fingerprint density at radius 2 is 1.86 bits per heavy atom. The number of ether oxygens (including phenoxy) is 1. The number of hydrogen-bond acceptors (Lipinski definition) is 3. The molecule has 2 rings (SSSR count). The van der Waals surface area contributed by atoms with Gasteiger partial charge in [0.15, 0.2) is 10.4 Å². The van der Waals surface area contributed by atoms with Gasteiger partial charge in [-0.05, 0) is 58.6 Å². The predicted molar refractivity (Wildman–Crippen MR) is 89.4 cm³/mol. The number of rotatable bonds is 6. The zero-order chi connectivity index (χ0) is 16.1. The van der Waals surface area contributed by atoms with Crippen LogP contribution < -0.4 is 10.1 Å². The fourth-order valence-electron chi connectivity index (χ4n) is 1.94. The molecule has 4 nitrogen and oxygen atoms in total. The second-order valence-corrected chi connectivity index (χ2v) is 6.29. The van der Waals surface area contributed by atoms with Gasteiger partial charge in [-0.25, -0.2) is 0 Å². The molecule has 0 radical (unpaired) electrons. The molecule has 0 saturated carbocycles. The number of carbonyl (C=O) groups excluding carboxylic acids is 1. The number of amides is 1. The van der Waals surface area contributed by atoms with Gasteiger partial charge in [0.1, 0.15) is 12.4 Å². The van der Waals surface area contributed by atoms with Crippen LogP contribution in [0.4, 0.5) is 0 Å². The quantitative estimate of drug-likeness (QED) is 0.826. The molecule has 1 atom stereocenters. The lowest BCUT2D eigenvalue weighted by Gasteiger charge is -2.15. The summed E-state index contributed by atoms with van der Waals surface area (Å²) < 4.78 is 11.4. The molecule has 1 N–H and O–H groups in total. The summed E-state index contributed by atoms with van der Waals surface area (Å²) in [7, 11) is 0. The number of hydrogen-bond donors (Lipinski definition) is 1. The van der Waals surface area contributed by atoms with Crippen LogP contribution in [0.15, 0.2) is 45.5 Å². The van der Waals surface area contributed by atoms with Gasteiger partial charge in [-0.1, -0.05) is 26.0 Å². The first-order chi connectivity index (χ1) is 10.5. The molecule has 1 aromatic heterocycles. The van der Waals surface area contributed by atoms with Gasteiger partial charge in [0.25, 0.3) is 5.91 Å². The van der Waals surface area contributed by atoms with Gasteiger partial charge in [-0.2, -0.15) is 0 Å². The number of halogens is 1. The van der Waals surface area contributed by atoms with Crippen molar-refractivity contribution in [2.75, 3.05) is 6.61 Å². The van der Waals surface area contributed by atoms with E-state index in [1.165, 1.54) is 5.56 Å². The molecule has 0 saturated heterocycles. The number of furan rings is 1. The van der Waals surface area contributed by atoms with Crippen molar-refractivity contribution in [3.8, 4) is 5.75 Å². The van der Waals surface area contributed by atoms with Gasteiger partial charge < -0.3 is 14.5 Å². The van der Waals surface area contributed by atoms with Crippen molar-refractivity contribution >= 4 is 21.8 Å². The number of nitrogens with one attached hydrogen (secondary N) is 1. The van der Waals surface area contributed by atoms with E-state index in [0.717, 1.165) is 5.75 Å². The molecule has 118 valence electrons. The summed E-state index contributed by atoms with van der Waals surface area (Å²) in [5.74, 6) is 1.32. The van der Waals surface area contributed by atoms with E-state index in [2.05, 4.69) is 47.2 Å². The Hall–Kier alpha value is -1.75. The molecule has 0 aliphatic rings. The molecule has 5 heteroatoms. The van der Waals surface area contributed by atoms with Crippen LogP contribution in [0.25, 0.3) is 0 Å². The maximum absolute atomic E-state index is 11.9. The Morgan fingerprint density at radius 1 is 1.18 bits per heavy atom. The van der Waals surface area contributed by atoms with Gasteiger partial charge in [-0.3, -0.25) is 4.79 Å². The zero-order valence-corrected chi connectivity index (χ0v) is 14.5. The van der Waals surface area contributed by atoms with Gasteiger partial charge in [-0.15, -0.1) is 0 Å². The molecule has 0 unspecified atom stereocenters. The van der Waals surface area contributed by atoms with Crippen molar-refractivity contribution in [3.63, 3.8) is 0 Å². The number of carbonyl (C=O) groups is 1. The van der Waals surface area contributed by atoms with Crippen molar-refractivity contribution in [2.24, 2.45) is 0 Å². The van der Waals surface area contributed by atoms with E-state index in [-0.39, 0.29) is 17.7 Å². The van der Waals surface area contributed by atoms with Crippen LogP contribution in [0.3, 0.4) is 0 Å². The molecule has 22 heavy (non-hydrogen) atoms. The second-order valence-electron chi connectivity index (χ2n) is 5.51. The molecule has 2 aromatic rings. The van der Waals surface area contributed by atoms with Crippen molar-refractivity contribution in [2.45, 2.75) is 32.7 Å². The summed E-state index contributed by atoms with van der Waals surface area (Å²) in [5, 5.41) is 2.83. The van der Waals surface area contributed by atoms with E-state index in [4.69, 9.17) is 9.15 Å². The van der Waals surface area contributed by atoms with Crippen LogP contribution >= 0.6 is 15.9 Å². The molecule has 0 spiro atoms. The minimum Gasteiger partial charge on any atom is -0.491 e. The van der Waals surface area contributed by atoms with E-state index < -0.39 is 0 Å². The molecule has 0 bridgehead atoms. The summed E-state index contributed by atoms with van der Waals surface area (Å²) in [5.41, 5.74) is 1.28. The Balaban J connectivity index is 1.82. The molecule has 0 fully saturated rings. The summed E-state index contributed by atoms with van der Waals surface area (Å²) in [6.07, 6.45) is 0. The van der Waals surface area contributed by atoms with E-state index in [0.29, 0.717) is 17.2 Å². The highest BCUT2D eigenvalue weighted by Crippen LogP contribution is 2.18. The average molecular weight is 366 g/mol. The SMILES string of the molecule is CC(C)c1ccc(OC[C@H](C)NC(=O)c2ccc(Br)o2)cc1. The highest BCUT2D eigenvalue weighted by molar-refractivity contribution is 9.10. The normalized spacial score (nSPS) is 12.2. The summed E-state index contributed by atoms with van der Waals surface area (Å²) in [4.78, 5) is 11.9. The van der Waals surface area contributed by atoms with Crippen LogP contribution in [0.2, 0.25) is 0 Å². The van der Waals surface area contributed by atoms with Crippen molar-refractivity contribution in [1.29, 1.82) is 0 Å². The van der Waals surface area contributed by atoms with Gasteiger partial charge >= 0.3 is 0 Å². The smallest absolute Gasteiger partial charge is 0.287 e. The van der Waals surface area contributed by atoms with Crippen LogP contribution in [0, 0.1) is 0 Å². The summed E-state index contributed by atoms with van der Waals surface area (Å²) >= 11 is 3.17. The third kappa shape index (κ3) is 4.63. The highest BCUT2D eigenvalue weighted by Gasteiger charge is 2.13. The lowest BCUT2D eigenvalue weighted by molar-refractivity contribution is 0.0897. The number of benzene rings is 1. The molecule has 0 aliphatic carbocycles. The van der Waals surface area contributed by atoms with Crippen LogP contribution in [0.5, 0.6) is 5.75 Å². The Morgan fingerprint density at radius 3 is 2.41 bits per heavy atom. The highest BCUT2D eigenvalue weighted by atomic mass is 79.9. The van der Waals surface area contributed by atoms with Crippen molar-refractivity contribution in [3.05, 3.63) is 52.4 Å². The summed E-state index contributed by atoms with van der Waals surface area (Å²) in [6.45, 7) is 6.59. The van der Waals surface area contributed by atoms with Crippen molar-refractivity contribution in [1.82, 2.24) is 5.32 Å². The third-order valence-electron chi connectivity index (χ3n) is 3.22. The predicted octanol–water partition coefficient (Wildman–Crippen LogP) is 4.36. The van der Waals surface area contributed by atoms with E-state index >= 15 is 0 Å². The topological polar surface area (TPSA) is 51.5 Å².